The van der Waals surface area contributed by atoms with Gasteiger partial charge in [0.15, 0.2) is 19.8 Å². The molecular weight excluding hydrogens is 420 g/mol. The third-order valence-corrected chi connectivity index (χ3v) is 13.7. The number of hydrogen-bond donors (Lipinski definition) is 2. The Hall–Kier alpha value is -1.53. The normalized spacial score (nSPS) is 29.8. The largest absolute Gasteiger partial charge is 0.504 e. The fraction of sp³-hybridized carbons (Fsp3) is 0.731. The van der Waals surface area contributed by atoms with Gasteiger partial charge in [-0.25, -0.2) is 0 Å². The molecule has 2 N–H and O–H groups in total. The molecule has 2 fully saturated rings. The van der Waals surface area contributed by atoms with Crippen molar-refractivity contribution in [2.24, 2.45) is 11.3 Å². The number of phenols is 2. The molecule has 0 aromatic heterocycles. The molecule has 0 amide bonds. The summed E-state index contributed by atoms with van der Waals surface area (Å²) in [6.45, 7) is 18.0. The number of fused-ring (bicyclic) bond motifs is 1. The minimum atomic E-state index is -1.94. The van der Waals surface area contributed by atoms with E-state index in [9.17, 15) is 15.0 Å². The quantitative estimate of drug-likeness (QED) is 0.314. The number of ether oxygens (including phenoxy) is 1. The second-order valence-corrected chi connectivity index (χ2v) is 17.4. The maximum absolute atomic E-state index is 13.2. The van der Waals surface area contributed by atoms with Gasteiger partial charge in [-0.15, -0.1) is 0 Å². The van der Waals surface area contributed by atoms with Crippen LogP contribution in [0.15, 0.2) is 6.07 Å². The van der Waals surface area contributed by atoms with E-state index in [-0.39, 0.29) is 45.9 Å². The minimum Gasteiger partial charge on any atom is -0.504 e. The topological polar surface area (TPSA) is 76.0 Å². The van der Waals surface area contributed by atoms with Gasteiger partial charge in [0.25, 0.3) is 0 Å². The summed E-state index contributed by atoms with van der Waals surface area (Å²) in [5.41, 5.74) is 1.31. The summed E-state index contributed by atoms with van der Waals surface area (Å²) in [5, 5.41) is 22.5. The second kappa shape index (κ2) is 7.23. The van der Waals surface area contributed by atoms with Crippen molar-refractivity contribution < 1.29 is 24.2 Å². The molecule has 2 aliphatic carbocycles. The van der Waals surface area contributed by atoms with E-state index in [4.69, 9.17) is 9.16 Å². The van der Waals surface area contributed by atoms with Gasteiger partial charge < -0.3 is 19.4 Å². The summed E-state index contributed by atoms with van der Waals surface area (Å²) in [5.74, 6) is -0.436. The zero-order chi connectivity index (χ0) is 23.9. The lowest BCUT2D eigenvalue weighted by Gasteiger charge is -2.58. The van der Waals surface area contributed by atoms with Crippen molar-refractivity contribution in [1.82, 2.24) is 0 Å². The van der Waals surface area contributed by atoms with Crippen LogP contribution >= 0.6 is 0 Å². The number of carbonyl (C=O) groups is 1. The highest BCUT2D eigenvalue weighted by Gasteiger charge is 2.65. The Morgan fingerprint density at radius 1 is 1.22 bits per heavy atom. The highest BCUT2D eigenvalue weighted by atomic mass is 28.4. The van der Waals surface area contributed by atoms with Crippen LogP contribution in [0.1, 0.15) is 95.9 Å². The summed E-state index contributed by atoms with van der Waals surface area (Å²) in [7, 11) is -1.94. The van der Waals surface area contributed by atoms with Crippen molar-refractivity contribution >= 4 is 14.3 Å². The Kier molecular flexibility index (Phi) is 5.34. The summed E-state index contributed by atoms with van der Waals surface area (Å²) in [4.78, 5) is 13.2. The molecule has 2 bridgehead atoms. The third kappa shape index (κ3) is 3.24. The molecule has 32 heavy (non-hydrogen) atoms. The van der Waals surface area contributed by atoms with Crippen molar-refractivity contribution in [3.05, 3.63) is 22.8 Å². The summed E-state index contributed by atoms with van der Waals surface area (Å²) in [6.07, 6.45) is 3.05. The number of rotatable bonds is 4. The molecule has 6 heteroatoms. The van der Waals surface area contributed by atoms with E-state index in [0.717, 1.165) is 24.8 Å². The van der Waals surface area contributed by atoms with Crippen LogP contribution in [0.3, 0.4) is 0 Å². The highest BCUT2D eigenvalue weighted by molar-refractivity contribution is 6.74. The molecule has 178 valence electrons. The Labute approximate surface area is 193 Å². The van der Waals surface area contributed by atoms with E-state index in [2.05, 4.69) is 47.7 Å². The molecule has 5 nitrogen and oxygen atoms in total. The first-order chi connectivity index (χ1) is 14.6. The van der Waals surface area contributed by atoms with Gasteiger partial charge in [-0.2, -0.15) is 0 Å². The van der Waals surface area contributed by atoms with E-state index in [1.807, 2.05) is 13.0 Å². The lowest BCUT2D eigenvalue weighted by Crippen LogP contribution is -2.59. The number of hydrogen-bond acceptors (Lipinski definition) is 5. The van der Waals surface area contributed by atoms with E-state index < -0.39 is 13.7 Å². The molecule has 1 spiro atoms. The molecule has 1 saturated heterocycles. The predicted octanol–water partition coefficient (Wildman–Crippen LogP) is 6.29. The maximum Gasteiger partial charge on any atom is 0.317 e. The van der Waals surface area contributed by atoms with Crippen molar-refractivity contribution in [3.8, 4) is 11.5 Å². The van der Waals surface area contributed by atoms with Crippen LogP contribution in [0.5, 0.6) is 11.5 Å². The monoisotopic (exact) mass is 460 g/mol. The zero-order valence-corrected chi connectivity index (χ0v) is 22.0. The maximum atomic E-state index is 13.2. The van der Waals surface area contributed by atoms with Crippen LogP contribution in [-0.4, -0.2) is 31.1 Å². The molecule has 2 heterocycles. The van der Waals surface area contributed by atoms with Gasteiger partial charge in [0.1, 0.15) is 11.5 Å². The van der Waals surface area contributed by atoms with E-state index in [0.29, 0.717) is 24.2 Å². The third-order valence-electron chi connectivity index (χ3n) is 9.15. The fourth-order valence-corrected chi connectivity index (χ4v) is 7.23. The number of esters is 1. The minimum absolute atomic E-state index is 0.0152. The Morgan fingerprint density at radius 2 is 1.88 bits per heavy atom. The van der Waals surface area contributed by atoms with Crippen molar-refractivity contribution in [2.75, 3.05) is 6.61 Å². The lowest BCUT2D eigenvalue weighted by atomic mass is 9.47. The molecule has 2 aliphatic heterocycles. The van der Waals surface area contributed by atoms with Crippen LogP contribution in [-0.2, 0) is 19.4 Å². The summed E-state index contributed by atoms with van der Waals surface area (Å²) >= 11 is 0. The van der Waals surface area contributed by atoms with Crippen molar-refractivity contribution in [3.63, 3.8) is 0 Å². The van der Waals surface area contributed by atoms with Gasteiger partial charge in [-0.1, -0.05) is 48.0 Å². The van der Waals surface area contributed by atoms with Gasteiger partial charge in [-0.3, -0.25) is 4.79 Å². The SMILES string of the molecule is C[C@@H](CO[Si](C)(C)C(C)(C)C)c1cc2c(c(O)c1O)[C@@]13CCCC(C)(C)[C@@H]1C[C@@H]2OC3=O. The standard InChI is InChI=1S/C26H40O5Si/c1-15(14-30-32(7,8)24(2,3)4)16-12-17-18-13-19-25(5,6)10-9-11-26(19,23(29)31-18)20(17)22(28)21(16)27/h12,15,18-19,27-28H,9-11,13-14H2,1-8H3/t15-,18-,19-,26+/m0/s1. The van der Waals surface area contributed by atoms with E-state index in [1.165, 1.54) is 0 Å². The van der Waals surface area contributed by atoms with E-state index >= 15 is 0 Å². The summed E-state index contributed by atoms with van der Waals surface area (Å²) < 4.78 is 12.3. The first-order valence-corrected chi connectivity index (χ1v) is 15.0. The highest BCUT2D eigenvalue weighted by Crippen LogP contribution is 2.66. The lowest BCUT2D eigenvalue weighted by molar-refractivity contribution is -0.185. The molecule has 1 saturated carbocycles. The predicted molar refractivity (Wildman–Crippen MR) is 128 cm³/mol. The van der Waals surface area contributed by atoms with Gasteiger partial charge >= 0.3 is 5.97 Å². The summed E-state index contributed by atoms with van der Waals surface area (Å²) in [6, 6.07) is 1.97. The molecule has 1 aromatic rings. The number of carbonyl (C=O) groups excluding carboxylic acids is 1. The van der Waals surface area contributed by atoms with Crippen LogP contribution in [0, 0.1) is 11.3 Å². The zero-order valence-electron chi connectivity index (χ0n) is 21.0. The Bertz CT molecular complexity index is 945. The van der Waals surface area contributed by atoms with Crippen LogP contribution in [0.25, 0.3) is 0 Å². The smallest absolute Gasteiger partial charge is 0.317 e. The number of phenolic OH excluding ortho intramolecular Hbond substituents is 2. The van der Waals surface area contributed by atoms with Crippen LogP contribution in [0.2, 0.25) is 18.1 Å². The second-order valence-electron chi connectivity index (χ2n) is 12.6. The Morgan fingerprint density at radius 3 is 2.50 bits per heavy atom. The molecule has 4 aliphatic rings. The molecule has 0 unspecified atom stereocenters. The van der Waals surface area contributed by atoms with Gasteiger partial charge in [0, 0.05) is 29.2 Å². The van der Waals surface area contributed by atoms with Gasteiger partial charge in [0.2, 0.25) is 0 Å². The number of aromatic hydroxyl groups is 2. The molecule has 5 rings (SSSR count). The molecule has 4 atom stereocenters. The fourth-order valence-electron chi connectivity index (χ4n) is 6.13. The van der Waals surface area contributed by atoms with Gasteiger partial charge in [-0.05, 0) is 54.8 Å². The molecular formula is C26H40O5Si. The van der Waals surface area contributed by atoms with Crippen LogP contribution in [0.4, 0.5) is 0 Å². The first-order valence-electron chi connectivity index (χ1n) is 12.1. The first kappa shape index (κ1) is 23.6. The van der Waals surface area contributed by atoms with Gasteiger partial charge in [0.05, 0.1) is 0 Å². The number of benzene rings is 1. The van der Waals surface area contributed by atoms with Crippen LogP contribution < -0.4 is 0 Å². The van der Waals surface area contributed by atoms with Crippen molar-refractivity contribution in [2.45, 2.75) is 103 Å². The molecule has 0 radical (unpaired) electrons. The average molecular weight is 461 g/mol. The Balaban J connectivity index is 1.74. The van der Waals surface area contributed by atoms with Crippen molar-refractivity contribution in [1.29, 1.82) is 0 Å². The molecule has 1 aromatic carbocycles. The van der Waals surface area contributed by atoms with E-state index in [1.54, 1.807) is 0 Å². The average Bonchev–Trinajstić information content (AvgIpc) is 2.67.